The summed E-state index contributed by atoms with van der Waals surface area (Å²) in [6, 6.07) is 18.3. The molecule has 1 aliphatic heterocycles. The Balaban J connectivity index is 1.63. The average molecular weight is 352 g/mol. The van der Waals surface area contributed by atoms with Gasteiger partial charge < -0.3 is 14.5 Å². The first kappa shape index (κ1) is 18.3. The predicted octanol–water partition coefficient (Wildman–Crippen LogP) is 3.61. The van der Waals surface area contributed by atoms with Gasteiger partial charge in [-0.05, 0) is 24.1 Å². The van der Waals surface area contributed by atoms with E-state index in [0.717, 1.165) is 44.0 Å². The molecule has 0 radical (unpaired) electrons. The molecule has 1 fully saturated rings. The van der Waals surface area contributed by atoms with Crippen molar-refractivity contribution >= 4 is 11.6 Å². The minimum Gasteiger partial charge on any atom is -0.495 e. The number of benzene rings is 2. The van der Waals surface area contributed by atoms with E-state index in [4.69, 9.17) is 4.74 Å². The number of carbonyl (C=O) groups is 1. The van der Waals surface area contributed by atoms with Crippen LogP contribution in [0.25, 0.3) is 0 Å². The molecule has 0 saturated carbocycles. The molecule has 4 nitrogen and oxygen atoms in total. The molecule has 0 bridgehead atoms. The largest absolute Gasteiger partial charge is 0.495 e. The average Bonchev–Trinajstić information content (AvgIpc) is 2.68. The predicted molar refractivity (Wildman–Crippen MR) is 106 cm³/mol. The Labute approximate surface area is 156 Å². The third kappa shape index (κ3) is 4.01. The van der Waals surface area contributed by atoms with Crippen molar-refractivity contribution < 1.29 is 9.53 Å². The Hall–Kier alpha value is -2.49. The lowest BCUT2D eigenvalue weighted by molar-refractivity contribution is -0.140. The maximum Gasteiger partial charge on any atom is 0.228 e. The summed E-state index contributed by atoms with van der Waals surface area (Å²) in [5.41, 5.74) is 1.91. The van der Waals surface area contributed by atoms with Gasteiger partial charge >= 0.3 is 0 Å². The second-order valence-electron chi connectivity index (χ2n) is 7.50. The van der Waals surface area contributed by atoms with Crippen molar-refractivity contribution in [3.8, 4) is 5.75 Å². The molecule has 3 rings (SSSR count). The van der Waals surface area contributed by atoms with Gasteiger partial charge in [-0.1, -0.05) is 56.3 Å². The first-order valence-electron chi connectivity index (χ1n) is 9.22. The Bertz CT molecular complexity index is 735. The van der Waals surface area contributed by atoms with Gasteiger partial charge in [-0.15, -0.1) is 0 Å². The van der Waals surface area contributed by atoms with E-state index >= 15 is 0 Å². The number of rotatable bonds is 5. The normalized spacial score (nSPS) is 15.0. The van der Waals surface area contributed by atoms with Crippen LogP contribution in [0.15, 0.2) is 54.6 Å². The molecule has 4 heteroatoms. The van der Waals surface area contributed by atoms with Gasteiger partial charge in [0, 0.05) is 31.6 Å². The van der Waals surface area contributed by atoms with Crippen molar-refractivity contribution in [2.45, 2.75) is 20.3 Å². The summed E-state index contributed by atoms with van der Waals surface area (Å²) < 4.78 is 5.47. The topological polar surface area (TPSA) is 32.8 Å². The van der Waals surface area contributed by atoms with E-state index in [1.807, 2.05) is 41.3 Å². The summed E-state index contributed by atoms with van der Waals surface area (Å²) in [5, 5.41) is 0. The summed E-state index contributed by atoms with van der Waals surface area (Å²) in [5.74, 6) is 1.12. The Morgan fingerprint density at radius 2 is 1.58 bits per heavy atom. The van der Waals surface area contributed by atoms with Crippen molar-refractivity contribution in [2.24, 2.45) is 5.41 Å². The van der Waals surface area contributed by atoms with Crippen LogP contribution < -0.4 is 9.64 Å². The highest BCUT2D eigenvalue weighted by molar-refractivity contribution is 5.82. The van der Waals surface area contributed by atoms with Crippen molar-refractivity contribution in [1.29, 1.82) is 0 Å². The number of anilines is 1. The quantitative estimate of drug-likeness (QED) is 0.824. The number of para-hydroxylation sites is 2. The van der Waals surface area contributed by atoms with E-state index < -0.39 is 5.41 Å². The zero-order valence-electron chi connectivity index (χ0n) is 15.9. The van der Waals surface area contributed by atoms with E-state index in [-0.39, 0.29) is 5.91 Å². The standard InChI is InChI=1S/C22H28N2O2/c1-22(2,17-18-9-5-4-6-10-18)21(25)24-15-13-23(14-16-24)19-11-7-8-12-20(19)26-3/h4-12H,13-17H2,1-3H3. The summed E-state index contributed by atoms with van der Waals surface area (Å²) in [6.45, 7) is 7.25. The maximum absolute atomic E-state index is 13.1. The summed E-state index contributed by atoms with van der Waals surface area (Å²) >= 11 is 0. The Kier molecular flexibility index (Phi) is 5.50. The summed E-state index contributed by atoms with van der Waals surface area (Å²) in [7, 11) is 1.70. The zero-order chi connectivity index (χ0) is 18.6. The molecular formula is C22H28N2O2. The molecule has 0 unspecified atom stereocenters. The fraction of sp³-hybridized carbons (Fsp3) is 0.409. The molecule has 1 saturated heterocycles. The number of methoxy groups -OCH3 is 1. The first-order valence-corrected chi connectivity index (χ1v) is 9.22. The van der Waals surface area contributed by atoms with E-state index in [1.54, 1.807) is 7.11 Å². The van der Waals surface area contributed by atoms with Crippen LogP contribution in [0, 0.1) is 5.41 Å². The van der Waals surface area contributed by atoms with E-state index in [1.165, 1.54) is 5.56 Å². The minimum absolute atomic E-state index is 0.237. The van der Waals surface area contributed by atoms with Crippen LogP contribution in [-0.4, -0.2) is 44.1 Å². The summed E-state index contributed by atoms with van der Waals surface area (Å²) in [4.78, 5) is 17.4. The molecule has 2 aromatic rings. The van der Waals surface area contributed by atoms with Crippen LogP contribution in [0.4, 0.5) is 5.69 Å². The highest BCUT2D eigenvalue weighted by Crippen LogP contribution is 2.30. The Morgan fingerprint density at radius 1 is 0.962 bits per heavy atom. The van der Waals surface area contributed by atoms with E-state index in [9.17, 15) is 4.79 Å². The molecule has 1 heterocycles. The molecule has 0 aliphatic carbocycles. The van der Waals surface area contributed by atoms with Gasteiger partial charge in [-0.2, -0.15) is 0 Å². The van der Waals surface area contributed by atoms with Crippen LogP contribution >= 0.6 is 0 Å². The maximum atomic E-state index is 13.1. The van der Waals surface area contributed by atoms with Crippen molar-refractivity contribution in [1.82, 2.24) is 4.90 Å². The van der Waals surface area contributed by atoms with Crippen LogP contribution in [0.5, 0.6) is 5.75 Å². The fourth-order valence-corrected chi connectivity index (χ4v) is 3.65. The minimum atomic E-state index is -0.395. The van der Waals surface area contributed by atoms with Crippen LogP contribution in [0.1, 0.15) is 19.4 Å². The second kappa shape index (κ2) is 7.81. The number of hydrogen-bond acceptors (Lipinski definition) is 3. The third-order valence-corrected chi connectivity index (χ3v) is 5.06. The molecular weight excluding hydrogens is 324 g/mol. The fourth-order valence-electron chi connectivity index (χ4n) is 3.65. The van der Waals surface area contributed by atoms with E-state index in [2.05, 4.69) is 36.9 Å². The lowest BCUT2D eigenvalue weighted by atomic mass is 9.84. The number of amides is 1. The van der Waals surface area contributed by atoms with Crippen molar-refractivity contribution in [3.05, 3.63) is 60.2 Å². The molecule has 1 amide bonds. The molecule has 0 spiro atoms. The molecule has 26 heavy (non-hydrogen) atoms. The van der Waals surface area contributed by atoms with Crippen molar-refractivity contribution in [3.63, 3.8) is 0 Å². The molecule has 138 valence electrons. The Morgan fingerprint density at radius 3 is 2.23 bits per heavy atom. The van der Waals surface area contributed by atoms with Gasteiger partial charge in [0.25, 0.3) is 0 Å². The van der Waals surface area contributed by atoms with Crippen LogP contribution in [-0.2, 0) is 11.2 Å². The number of carbonyl (C=O) groups excluding carboxylic acids is 1. The highest BCUT2D eigenvalue weighted by Gasteiger charge is 2.34. The monoisotopic (exact) mass is 352 g/mol. The highest BCUT2D eigenvalue weighted by atomic mass is 16.5. The first-order chi connectivity index (χ1) is 12.5. The number of nitrogens with zero attached hydrogens (tertiary/aromatic N) is 2. The lowest BCUT2D eigenvalue weighted by Gasteiger charge is -2.40. The van der Waals surface area contributed by atoms with Gasteiger partial charge in [-0.3, -0.25) is 4.79 Å². The van der Waals surface area contributed by atoms with Crippen LogP contribution in [0.3, 0.4) is 0 Å². The summed E-state index contributed by atoms with van der Waals surface area (Å²) in [6.07, 6.45) is 0.763. The number of piperazine rings is 1. The molecule has 0 atom stereocenters. The smallest absolute Gasteiger partial charge is 0.228 e. The van der Waals surface area contributed by atoms with Gasteiger partial charge in [0.05, 0.1) is 12.8 Å². The zero-order valence-corrected chi connectivity index (χ0v) is 15.9. The van der Waals surface area contributed by atoms with Gasteiger partial charge in [-0.25, -0.2) is 0 Å². The van der Waals surface area contributed by atoms with Gasteiger partial charge in [0.1, 0.15) is 5.75 Å². The lowest BCUT2D eigenvalue weighted by Crippen LogP contribution is -2.52. The third-order valence-electron chi connectivity index (χ3n) is 5.06. The molecule has 0 aromatic heterocycles. The molecule has 1 aliphatic rings. The van der Waals surface area contributed by atoms with Crippen molar-refractivity contribution in [2.75, 3.05) is 38.2 Å². The van der Waals surface area contributed by atoms with Gasteiger partial charge in [0.15, 0.2) is 0 Å². The molecule has 2 aromatic carbocycles. The number of hydrogen-bond donors (Lipinski definition) is 0. The molecule has 0 N–H and O–H groups in total. The second-order valence-corrected chi connectivity index (χ2v) is 7.50. The SMILES string of the molecule is COc1ccccc1N1CCN(C(=O)C(C)(C)Cc2ccccc2)CC1. The van der Waals surface area contributed by atoms with E-state index in [0.29, 0.717) is 0 Å². The number of ether oxygens (including phenoxy) is 1. The van der Waals surface area contributed by atoms with Gasteiger partial charge in [0.2, 0.25) is 5.91 Å². The van der Waals surface area contributed by atoms with Crippen LogP contribution in [0.2, 0.25) is 0 Å².